The molecule has 10 rings (SSSR count). The number of likely N-dealkylation sites (tertiary alicyclic amines) is 2. The summed E-state index contributed by atoms with van der Waals surface area (Å²) in [5.74, 6) is -0.942. The second kappa shape index (κ2) is 25.7. The van der Waals surface area contributed by atoms with E-state index in [1.165, 1.54) is 6.20 Å². The van der Waals surface area contributed by atoms with Crippen LogP contribution in [0.2, 0.25) is 61.4 Å². The Kier molecular flexibility index (Phi) is 19.1. The molecular formula is C56H72Cl2N16O5Si2. The van der Waals surface area contributed by atoms with E-state index in [1.54, 1.807) is 38.6 Å². The Hall–Kier alpha value is -6.65. The van der Waals surface area contributed by atoms with E-state index in [9.17, 15) is 14.7 Å². The number of nitriles is 2. The molecule has 2 saturated heterocycles. The van der Waals surface area contributed by atoms with E-state index in [-0.39, 0.29) is 48.9 Å². The van der Waals surface area contributed by atoms with Crippen LogP contribution >= 0.6 is 23.2 Å². The van der Waals surface area contributed by atoms with Gasteiger partial charge in [0.1, 0.15) is 52.8 Å². The maximum atomic E-state index is 13.5. The lowest BCUT2D eigenvalue weighted by Crippen LogP contribution is -2.51. The molecule has 25 heteroatoms. The van der Waals surface area contributed by atoms with Crippen LogP contribution in [0, 0.1) is 34.5 Å². The third kappa shape index (κ3) is 15.1. The number of hydrogen-bond acceptors (Lipinski definition) is 15. The molecule has 2 fully saturated rings. The van der Waals surface area contributed by atoms with Gasteiger partial charge < -0.3 is 34.8 Å². The molecule has 81 heavy (non-hydrogen) atoms. The van der Waals surface area contributed by atoms with Gasteiger partial charge in [-0.1, -0.05) is 62.5 Å². The molecule has 0 spiro atoms. The zero-order valence-corrected chi connectivity index (χ0v) is 51.3. The monoisotopic (exact) mass is 1170 g/mol. The second-order valence-corrected chi connectivity index (χ2v) is 35.7. The van der Waals surface area contributed by atoms with Crippen LogP contribution in [-0.4, -0.2) is 156 Å². The number of rotatable bonds is 19. The summed E-state index contributed by atoms with van der Waals surface area (Å²) in [6.07, 6.45) is 6.61. The number of halogens is 2. The van der Waals surface area contributed by atoms with Crippen molar-refractivity contribution in [2.45, 2.75) is 90.8 Å². The number of carboxylic acids is 1. The molecule has 21 nitrogen and oxygen atoms in total. The molecule has 2 aliphatic rings. The normalized spacial score (nSPS) is 15.1. The van der Waals surface area contributed by atoms with Crippen LogP contribution in [-0.2, 0) is 37.0 Å². The minimum atomic E-state index is -1.23. The van der Waals surface area contributed by atoms with Gasteiger partial charge in [-0.25, -0.2) is 24.7 Å². The summed E-state index contributed by atoms with van der Waals surface area (Å²) in [5, 5.41) is 42.5. The van der Waals surface area contributed by atoms with Gasteiger partial charge in [-0.15, -0.1) is 0 Å². The number of hydrogen-bond donors (Lipinski definition) is 3. The Bertz CT molecular complexity index is 3650. The standard InChI is InChI=1S/C28H35ClN8O2Si.C21H24ClN5O3Si.C7H13N3/c1-18(13-36-14-19(11-30)15-36)32-28(38)22-16-37(17-39-8-9-40(3,4)5)27-26(22)33-23(12-31-27)25-21-7-6-20(29)10-24(21)35(2)34-25;1-26-17-9-13(22)5-6-14(17)18(25-26)16-10-23-20-19(24-16)15(21(28)29)11-27(20)12-30-7-8-31(2,3)4;1-6(9)3-10-4-7(2-8)5-10/h6-7,10,12,16,18-19H,8-9,13-15,17H2,1-5H3,(H,32,38);5-6,9-11H,7-8,12H2,1-4H3,(H,28,29);6-7H,3-5,9H2,1H3/t18-;;6-/m1.1/s1. The fourth-order valence-electron chi connectivity index (χ4n) is 9.52. The lowest BCUT2D eigenvalue weighted by molar-refractivity contribution is 0.0695. The van der Waals surface area contributed by atoms with E-state index >= 15 is 0 Å². The molecule has 0 radical (unpaired) electrons. The maximum Gasteiger partial charge on any atom is 0.339 e. The van der Waals surface area contributed by atoms with Gasteiger partial charge in [-0.2, -0.15) is 20.7 Å². The number of carbonyl (C=O) groups is 2. The Morgan fingerprint density at radius 1 is 0.728 bits per heavy atom. The number of carbonyl (C=O) groups excluding carboxylic acids is 1. The summed E-state index contributed by atoms with van der Waals surface area (Å²) in [5.41, 5.74) is 12.1. The Morgan fingerprint density at radius 3 is 1.58 bits per heavy atom. The van der Waals surface area contributed by atoms with Gasteiger partial charge in [0.05, 0.1) is 53.0 Å². The van der Waals surface area contributed by atoms with Crippen molar-refractivity contribution in [1.82, 2.24) is 63.7 Å². The smallest absolute Gasteiger partial charge is 0.339 e. The quantitative estimate of drug-likeness (QED) is 0.0504. The fraction of sp³-hybridized carbons (Fsp3) is 0.464. The molecule has 2 aliphatic heterocycles. The van der Waals surface area contributed by atoms with Crippen LogP contribution in [0.15, 0.2) is 61.2 Å². The number of nitrogens with one attached hydrogen (secondary N) is 1. The molecule has 2 aromatic carbocycles. The van der Waals surface area contributed by atoms with Crippen molar-refractivity contribution in [3.8, 4) is 34.9 Å². The number of nitrogens with two attached hydrogens (primary N) is 1. The van der Waals surface area contributed by atoms with Crippen molar-refractivity contribution < 1.29 is 24.2 Å². The highest BCUT2D eigenvalue weighted by Crippen LogP contribution is 2.32. The lowest BCUT2D eigenvalue weighted by atomic mass is 10.0. The average Bonchev–Trinajstić information content (AvgIpc) is 4.35. The van der Waals surface area contributed by atoms with E-state index < -0.39 is 22.1 Å². The largest absolute Gasteiger partial charge is 0.478 e. The Labute approximate surface area is 483 Å². The SMILES string of the molecule is C[C@@H](N)CN1CC(C#N)C1.C[C@H](CN1CC(C#N)C1)NC(=O)c1cn(COCC[Si](C)(C)C)c2ncc(-c3nn(C)c4cc(Cl)ccc34)nc12.Cn1nc(-c2cnc3c(n2)c(C(=O)O)cn3COCC[Si](C)(C)C)c2ccc(Cl)cc21. The van der Waals surface area contributed by atoms with Gasteiger partial charge in [0.15, 0.2) is 11.3 Å². The molecule has 8 heterocycles. The second-order valence-electron chi connectivity index (χ2n) is 23.6. The summed E-state index contributed by atoms with van der Waals surface area (Å²) < 4.78 is 18.8. The van der Waals surface area contributed by atoms with E-state index in [0.29, 0.717) is 80.5 Å². The van der Waals surface area contributed by atoms with Gasteiger partial charge >= 0.3 is 5.97 Å². The maximum absolute atomic E-state index is 13.5. The van der Waals surface area contributed by atoms with E-state index in [2.05, 4.69) is 86.7 Å². The van der Waals surface area contributed by atoms with Crippen molar-refractivity contribution in [3.05, 3.63) is 82.4 Å². The molecule has 0 aliphatic carbocycles. The zero-order valence-electron chi connectivity index (χ0n) is 47.7. The molecule has 1 amide bonds. The lowest BCUT2D eigenvalue weighted by Gasteiger charge is -2.37. The highest BCUT2D eigenvalue weighted by Gasteiger charge is 2.30. The summed E-state index contributed by atoms with van der Waals surface area (Å²) >= 11 is 12.3. The number of aromatic carboxylic acids is 1. The predicted molar refractivity (Wildman–Crippen MR) is 321 cm³/mol. The van der Waals surface area contributed by atoms with E-state index in [0.717, 1.165) is 66.6 Å². The third-order valence-corrected chi connectivity index (χ3v) is 17.8. The number of amides is 1. The molecule has 0 bridgehead atoms. The number of aromatic nitrogens is 10. The van der Waals surface area contributed by atoms with Crippen molar-refractivity contribution in [2.24, 2.45) is 31.7 Å². The Morgan fingerprint density at radius 2 is 1.16 bits per heavy atom. The first-order valence-electron chi connectivity index (χ1n) is 27.0. The topological polar surface area (TPSA) is 262 Å². The number of fused-ring (bicyclic) bond motifs is 4. The summed E-state index contributed by atoms with van der Waals surface area (Å²) in [6, 6.07) is 17.8. The number of aryl methyl sites for hydroxylation is 2. The molecule has 0 saturated carbocycles. The van der Waals surface area contributed by atoms with Crippen LogP contribution in [0.5, 0.6) is 0 Å². The van der Waals surface area contributed by atoms with E-state index in [4.69, 9.17) is 58.9 Å². The van der Waals surface area contributed by atoms with E-state index in [1.807, 2.05) is 62.8 Å². The van der Waals surface area contributed by atoms with Crippen LogP contribution in [0.25, 0.3) is 66.9 Å². The first kappa shape index (κ1) is 60.4. The van der Waals surface area contributed by atoms with Gasteiger partial charge in [0.25, 0.3) is 5.91 Å². The van der Waals surface area contributed by atoms with Gasteiger partial charge in [0, 0.05) is 128 Å². The highest BCUT2D eigenvalue weighted by molar-refractivity contribution is 6.76. The van der Waals surface area contributed by atoms with Crippen LogP contribution in [0.1, 0.15) is 34.6 Å². The van der Waals surface area contributed by atoms with Gasteiger partial charge in [-0.05, 0) is 62.3 Å². The molecule has 6 aromatic heterocycles. The minimum absolute atomic E-state index is 0.0780. The molecular weight excluding hydrogens is 1100 g/mol. The number of nitrogens with zero attached hydrogens (tertiary/aromatic N) is 14. The summed E-state index contributed by atoms with van der Waals surface area (Å²) in [7, 11) is 1.25. The van der Waals surface area contributed by atoms with Crippen molar-refractivity contribution >= 4 is 95.4 Å². The van der Waals surface area contributed by atoms with Crippen molar-refractivity contribution in [1.29, 1.82) is 10.5 Å². The third-order valence-electron chi connectivity index (χ3n) is 13.9. The number of benzene rings is 2. The number of carboxylic acid groups (broad SMARTS) is 1. The van der Waals surface area contributed by atoms with Crippen LogP contribution in [0.4, 0.5) is 0 Å². The van der Waals surface area contributed by atoms with Crippen molar-refractivity contribution in [2.75, 3.05) is 52.5 Å². The van der Waals surface area contributed by atoms with Crippen LogP contribution in [0.3, 0.4) is 0 Å². The van der Waals surface area contributed by atoms with Crippen LogP contribution < -0.4 is 11.1 Å². The van der Waals surface area contributed by atoms with Gasteiger partial charge in [-0.3, -0.25) is 24.0 Å². The highest BCUT2D eigenvalue weighted by atomic mass is 35.5. The molecule has 4 N–H and O–H groups in total. The average molecular weight is 1180 g/mol. The van der Waals surface area contributed by atoms with Crippen molar-refractivity contribution in [3.63, 3.8) is 0 Å². The number of ether oxygens (including phenoxy) is 2. The molecule has 428 valence electrons. The summed E-state index contributed by atoms with van der Waals surface area (Å²) in [6.45, 7) is 24.5. The predicted octanol–water partition coefficient (Wildman–Crippen LogP) is 8.96. The zero-order chi connectivity index (χ0) is 58.5. The first-order chi connectivity index (χ1) is 38.4. The molecule has 0 unspecified atom stereocenters. The molecule has 2 atom stereocenters. The Balaban J connectivity index is 0.000000185. The van der Waals surface area contributed by atoms with Gasteiger partial charge in [0.2, 0.25) is 0 Å². The first-order valence-corrected chi connectivity index (χ1v) is 35.2. The fourth-order valence-corrected chi connectivity index (χ4v) is 11.4. The molecule has 8 aromatic rings. The summed E-state index contributed by atoms with van der Waals surface area (Å²) in [4.78, 5) is 48.5. The minimum Gasteiger partial charge on any atom is -0.478 e.